The molecule has 0 amide bonds. The number of sulfonamides is 1. The number of aliphatic hydroxyl groups is 1. The molecule has 0 aliphatic rings. The Morgan fingerprint density at radius 3 is 2.43 bits per heavy atom. The molecule has 0 bridgehead atoms. The lowest BCUT2D eigenvalue weighted by Gasteiger charge is -2.16. The van der Waals surface area contributed by atoms with Gasteiger partial charge in [0, 0.05) is 6.54 Å². The van der Waals surface area contributed by atoms with Gasteiger partial charge in [0.1, 0.15) is 0 Å². The summed E-state index contributed by atoms with van der Waals surface area (Å²) in [5, 5.41) is 17.5. The van der Waals surface area contributed by atoms with Gasteiger partial charge in [-0.3, -0.25) is 0 Å². The minimum atomic E-state index is -4.96. The highest BCUT2D eigenvalue weighted by atomic mass is 32.2. The highest BCUT2D eigenvalue weighted by Gasteiger charge is 2.38. The highest BCUT2D eigenvalue weighted by Crippen LogP contribution is 2.21. The molecule has 0 aromatic heterocycles. The molecule has 0 saturated heterocycles. The highest BCUT2D eigenvalue weighted by molar-refractivity contribution is 7.89. The molecule has 1 unspecified atom stereocenters. The maximum atomic E-state index is 12.1. The topological polar surface area (TPSA) is 104 Å². The summed E-state index contributed by atoms with van der Waals surface area (Å²) in [6, 6.07) is 3.22. The number of alkyl halides is 3. The van der Waals surface area contributed by atoms with Crippen LogP contribution in [-0.4, -0.2) is 43.4 Å². The molecule has 6 nitrogen and oxygen atoms in total. The van der Waals surface area contributed by atoms with E-state index in [1.54, 1.807) is 4.72 Å². The van der Waals surface area contributed by atoms with Crippen LogP contribution >= 0.6 is 0 Å². The number of aryl methyl sites for hydroxylation is 1. The second-order valence-corrected chi connectivity index (χ2v) is 5.93. The van der Waals surface area contributed by atoms with Crippen LogP contribution in [0.4, 0.5) is 13.2 Å². The zero-order valence-corrected chi connectivity index (χ0v) is 11.5. The van der Waals surface area contributed by atoms with E-state index in [-0.39, 0.29) is 11.1 Å². The van der Waals surface area contributed by atoms with E-state index in [0.717, 1.165) is 6.07 Å². The fourth-order valence-corrected chi connectivity index (χ4v) is 2.71. The first-order valence-electron chi connectivity index (χ1n) is 5.53. The second-order valence-electron chi connectivity index (χ2n) is 4.19. The van der Waals surface area contributed by atoms with Gasteiger partial charge in [0.25, 0.3) is 0 Å². The molecule has 0 aliphatic heterocycles. The molecule has 0 saturated carbocycles. The number of rotatable bonds is 5. The van der Waals surface area contributed by atoms with Gasteiger partial charge in [-0.05, 0) is 24.6 Å². The Hall–Kier alpha value is -1.65. The van der Waals surface area contributed by atoms with Crippen LogP contribution in [0.3, 0.4) is 0 Å². The van der Waals surface area contributed by atoms with Crippen molar-refractivity contribution in [2.75, 3.05) is 6.54 Å². The number of carboxylic acids is 1. The van der Waals surface area contributed by atoms with Crippen molar-refractivity contribution in [2.45, 2.75) is 24.1 Å². The zero-order chi connectivity index (χ0) is 16.4. The molecule has 21 heavy (non-hydrogen) atoms. The van der Waals surface area contributed by atoms with Crippen molar-refractivity contribution < 1.29 is 36.6 Å². The molecule has 1 aromatic carbocycles. The average Bonchev–Trinajstić information content (AvgIpc) is 2.34. The van der Waals surface area contributed by atoms with Gasteiger partial charge in [0.15, 0.2) is 6.10 Å². The third-order valence-corrected chi connectivity index (χ3v) is 4.13. The van der Waals surface area contributed by atoms with E-state index in [1.807, 2.05) is 0 Å². The molecule has 1 aromatic rings. The molecular weight excluding hydrogens is 315 g/mol. The van der Waals surface area contributed by atoms with E-state index in [2.05, 4.69) is 0 Å². The van der Waals surface area contributed by atoms with E-state index in [9.17, 15) is 26.4 Å². The van der Waals surface area contributed by atoms with Crippen LogP contribution in [-0.2, 0) is 10.0 Å². The summed E-state index contributed by atoms with van der Waals surface area (Å²) in [6.45, 7) is 0.100. The Bertz CT molecular complexity index is 642. The minimum absolute atomic E-state index is 0.161. The van der Waals surface area contributed by atoms with Crippen molar-refractivity contribution in [1.82, 2.24) is 4.72 Å². The van der Waals surface area contributed by atoms with Gasteiger partial charge in [0.05, 0.1) is 10.5 Å². The first kappa shape index (κ1) is 17.4. The van der Waals surface area contributed by atoms with Crippen molar-refractivity contribution in [3.63, 3.8) is 0 Å². The number of hydrogen-bond donors (Lipinski definition) is 3. The smallest absolute Gasteiger partial charge is 0.415 e. The quantitative estimate of drug-likeness (QED) is 0.745. The van der Waals surface area contributed by atoms with Crippen LogP contribution in [0.2, 0.25) is 0 Å². The Kier molecular flexibility index (Phi) is 4.97. The van der Waals surface area contributed by atoms with Gasteiger partial charge >= 0.3 is 12.1 Å². The number of aromatic carboxylic acids is 1. The Morgan fingerprint density at radius 1 is 1.38 bits per heavy atom. The molecule has 1 atom stereocenters. The van der Waals surface area contributed by atoms with Gasteiger partial charge in [-0.1, -0.05) is 6.07 Å². The van der Waals surface area contributed by atoms with Crippen LogP contribution in [0.1, 0.15) is 15.9 Å². The molecule has 1 rings (SSSR count). The maximum absolute atomic E-state index is 12.1. The van der Waals surface area contributed by atoms with Gasteiger partial charge in [-0.25, -0.2) is 17.9 Å². The first-order valence-corrected chi connectivity index (χ1v) is 7.02. The number of nitrogens with one attached hydrogen (secondary N) is 1. The average molecular weight is 327 g/mol. The van der Waals surface area contributed by atoms with Gasteiger partial charge in [0.2, 0.25) is 10.0 Å². The normalized spacial score (nSPS) is 14.0. The summed E-state index contributed by atoms with van der Waals surface area (Å²) in [5.74, 6) is -1.37. The van der Waals surface area contributed by atoms with Crippen molar-refractivity contribution >= 4 is 16.0 Å². The van der Waals surface area contributed by atoms with E-state index >= 15 is 0 Å². The number of hydrogen-bond acceptors (Lipinski definition) is 4. The third-order valence-electron chi connectivity index (χ3n) is 2.57. The fourth-order valence-electron chi connectivity index (χ4n) is 1.40. The van der Waals surface area contributed by atoms with E-state index in [0.29, 0.717) is 0 Å². The summed E-state index contributed by atoms with van der Waals surface area (Å²) in [7, 11) is -4.38. The largest absolute Gasteiger partial charge is 0.478 e. The van der Waals surface area contributed by atoms with Crippen molar-refractivity contribution in [3.8, 4) is 0 Å². The Morgan fingerprint density at radius 2 is 1.95 bits per heavy atom. The molecule has 0 spiro atoms. The predicted molar refractivity (Wildman–Crippen MR) is 65.4 cm³/mol. The number of aliphatic hydroxyl groups excluding tert-OH is 1. The number of carbonyl (C=O) groups is 1. The summed E-state index contributed by atoms with van der Waals surface area (Å²) in [4.78, 5) is 10.3. The predicted octanol–water partition coefficient (Wildman–Crippen LogP) is 0.895. The molecule has 10 heteroatoms. The van der Waals surface area contributed by atoms with Crippen molar-refractivity contribution in [3.05, 3.63) is 29.3 Å². The number of carboxylic acid groups (broad SMARTS) is 1. The van der Waals surface area contributed by atoms with Crippen LogP contribution < -0.4 is 4.72 Å². The summed E-state index contributed by atoms with van der Waals surface area (Å²) in [5.41, 5.74) is -0.161. The van der Waals surface area contributed by atoms with Crippen LogP contribution in [0.5, 0.6) is 0 Å². The third kappa shape index (κ3) is 4.41. The van der Waals surface area contributed by atoms with Crippen molar-refractivity contribution in [2.24, 2.45) is 0 Å². The summed E-state index contributed by atoms with van der Waals surface area (Å²) < 4.78 is 61.7. The van der Waals surface area contributed by atoms with E-state index < -0.39 is 39.7 Å². The van der Waals surface area contributed by atoms with E-state index in [1.165, 1.54) is 19.1 Å². The van der Waals surface area contributed by atoms with E-state index in [4.69, 9.17) is 10.2 Å². The maximum Gasteiger partial charge on any atom is 0.415 e. The molecule has 0 radical (unpaired) electrons. The van der Waals surface area contributed by atoms with Crippen molar-refractivity contribution in [1.29, 1.82) is 0 Å². The van der Waals surface area contributed by atoms with Crippen LogP contribution in [0, 0.1) is 6.92 Å². The summed E-state index contributed by atoms with van der Waals surface area (Å²) in [6.07, 6.45) is -7.81. The fraction of sp³-hybridized carbons (Fsp3) is 0.364. The molecule has 0 fully saturated rings. The Balaban J connectivity index is 3.03. The SMILES string of the molecule is Cc1ccc(C(=O)O)cc1S(=O)(=O)NCC(O)C(F)(F)F. The lowest BCUT2D eigenvalue weighted by molar-refractivity contribution is -0.200. The first-order chi connectivity index (χ1) is 9.45. The summed E-state index contributed by atoms with van der Waals surface area (Å²) >= 11 is 0. The minimum Gasteiger partial charge on any atom is -0.478 e. The van der Waals surface area contributed by atoms with Crippen LogP contribution in [0.15, 0.2) is 23.1 Å². The molecule has 118 valence electrons. The van der Waals surface area contributed by atoms with Gasteiger partial charge in [-0.2, -0.15) is 13.2 Å². The lowest BCUT2D eigenvalue weighted by Crippen LogP contribution is -2.40. The number of halogens is 3. The molecule has 0 heterocycles. The zero-order valence-electron chi connectivity index (χ0n) is 10.7. The second kappa shape index (κ2) is 6.00. The molecular formula is C11H12F3NO5S. The number of benzene rings is 1. The van der Waals surface area contributed by atoms with Gasteiger partial charge in [-0.15, -0.1) is 0 Å². The van der Waals surface area contributed by atoms with Crippen LogP contribution in [0.25, 0.3) is 0 Å². The molecule has 3 N–H and O–H groups in total. The standard InChI is InChI=1S/C11H12F3NO5S/c1-6-2-3-7(10(17)18)4-8(6)21(19,20)15-5-9(16)11(12,13)14/h2-4,9,15-16H,5H2,1H3,(H,17,18). The Labute approximate surface area is 118 Å². The lowest BCUT2D eigenvalue weighted by atomic mass is 10.1. The molecule has 0 aliphatic carbocycles. The van der Waals surface area contributed by atoms with Gasteiger partial charge < -0.3 is 10.2 Å². The monoisotopic (exact) mass is 327 g/mol.